The quantitative estimate of drug-likeness (QED) is 0.430. The summed E-state index contributed by atoms with van der Waals surface area (Å²) in [5.74, 6) is 0.598. The largest absolute Gasteiger partial charge is 0.490 e. The lowest BCUT2D eigenvalue weighted by Gasteiger charge is -2.05. The highest BCUT2D eigenvalue weighted by Crippen LogP contribution is 2.21. The molecule has 108 valence electrons. The molecular formula is C15H14FN3OS. The number of benzene rings is 2. The van der Waals surface area contributed by atoms with Crippen LogP contribution in [0.4, 0.5) is 10.1 Å². The number of aromatic amines is 1. The molecule has 1 aromatic heterocycles. The summed E-state index contributed by atoms with van der Waals surface area (Å²) in [5, 5.41) is 0.799. The third-order valence-electron chi connectivity index (χ3n) is 2.90. The van der Waals surface area contributed by atoms with Gasteiger partial charge in [-0.15, -0.1) is 0 Å². The number of para-hydroxylation sites is 1. The number of hydrogen-bond acceptors (Lipinski definition) is 4. The summed E-state index contributed by atoms with van der Waals surface area (Å²) in [6.07, 6.45) is 0. The molecule has 2 aromatic carbocycles. The van der Waals surface area contributed by atoms with Crippen molar-refractivity contribution in [3.63, 3.8) is 0 Å². The third-order valence-corrected chi connectivity index (χ3v) is 3.74. The van der Waals surface area contributed by atoms with E-state index in [0.29, 0.717) is 18.0 Å². The van der Waals surface area contributed by atoms with Gasteiger partial charge >= 0.3 is 0 Å². The molecule has 3 aromatic rings. The minimum absolute atomic E-state index is 0.274. The molecule has 0 bridgehead atoms. The van der Waals surface area contributed by atoms with Crippen LogP contribution in [0.2, 0.25) is 0 Å². The molecule has 0 aliphatic heterocycles. The summed E-state index contributed by atoms with van der Waals surface area (Å²) >= 11 is 1.52. The molecule has 0 amide bonds. The number of nitrogens with zero attached hydrogens (tertiary/aromatic N) is 1. The molecule has 21 heavy (non-hydrogen) atoms. The second-order valence-corrected chi connectivity index (χ2v) is 5.53. The summed E-state index contributed by atoms with van der Waals surface area (Å²) in [6, 6.07) is 11.9. The number of aromatic nitrogens is 2. The smallest absolute Gasteiger partial charge is 0.166 e. The molecule has 0 aliphatic carbocycles. The van der Waals surface area contributed by atoms with Crippen LogP contribution in [0.5, 0.6) is 5.75 Å². The first-order valence-electron chi connectivity index (χ1n) is 6.48. The highest BCUT2D eigenvalue weighted by molar-refractivity contribution is 7.99. The fraction of sp³-hybridized carbons (Fsp3) is 0.133. The molecule has 0 saturated heterocycles. The normalized spacial score (nSPS) is 10.9. The molecule has 0 spiro atoms. The number of nitrogen functional groups attached to an aromatic ring is 1. The van der Waals surface area contributed by atoms with Gasteiger partial charge in [-0.25, -0.2) is 9.37 Å². The third kappa shape index (κ3) is 3.28. The van der Waals surface area contributed by atoms with Gasteiger partial charge in [-0.3, -0.25) is 0 Å². The number of rotatable bonds is 5. The van der Waals surface area contributed by atoms with Crippen LogP contribution in [-0.2, 0) is 0 Å². The molecule has 0 aliphatic rings. The van der Waals surface area contributed by atoms with Crippen molar-refractivity contribution in [2.45, 2.75) is 5.16 Å². The number of anilines is 1. The Morgan fingerprint density at radius 1 is 1.24 bits per heavy atom. The molecule has 3 rings (SSSR count). The number of hydrogen-bond donors (Lipinski definition) is 2. The minimum atomic E-state index is -0.346. The fourth-order valence-electron chi connectivity index (χ4n) is 1.92. The molecule has 4 nitrogen and oxygen atoms in total. The van der Waals surface area contributed by atoms with Crippen molar-refractivity contribution >= 4 is 28.5 Å². The maximum atomic E-state index is 13.4. The van der Waals surface area contributed by atoms with Crippen LogP contribution in [0.25, 0.3) is 11.0 Å². The van der Waals surface area contributed by atoms with E-state index in [1.165, 1.54) is 17.8 Å². The van der Waals surface area contributed by atoms with Gasteiger partial charge in [0.15, 0.2) is 16.7 Å². The van der Waals surface area contributed by atoms with E-state index in [1.807, 2.05) is 18.2 Å². The molecule has 6 heteroatoms. The Kier molecular flexibility index (Phi) is 3.96. The van der Waals surface area contributed by atoms with Crippen LogP contribution in [0, 0.1) is 5.82 Å². The lowest BCUT2D eigenvalue weighted by atomic mass is 10.3. The molecule has 0 unspecified atom stereocenters. The monoisotopic (exact) mass is 303 g/mol. The van der Waals surface area contributed by atoms with Crippen LogP contribution in [-0.4, -0.2) is 22.3 Å². The number of ether oxygens (including phenoxy) is 1. The molecule has 0 radical (unpaired) electrons. The number of imidazole rings is 1. The van der Waals surface area contributed by atoms with Crippen molar-refractivity contribution < 1.29 is 9.13 Å². The van der Waals surface area contributed by atoms with Gasteiger partial charge < -0.3 is 15.5 Å². The van der Waals surface area contributed by atoms with Crippen molar-refractivity contribution in [1.82, 2.24) is 9.97 Å². The summed E-state index contributed by atoms with van der Waals surface area (Å²) < 4.78 is 18.7. The lowest BCUT2D eigenvalue weighted by Crippen LogP contribution is -2.01. The predicted octanol–water partition coefficient (Wildman–Crippen LogP) is 3.46. The maximum Gasteiger partial charge on any atom is 0.166 e. The number of nitrogens with one attached hydrogen (secondary N) is 1. The number of halogens is 1. The van der Waals surface area contributed by atoms with Crippen LogP contribution in [0.1, 0.15) is 0 Å². The van der Waals surface area contributed by atoms with Gasteiger partial charge in [0.25, 0.3) is 0 Å². The summed E-state index contributed by atoms with van der Waals surface area (Å²) in [4.78, 5) is 7.63. The summed E-state index contributed by atoms with van der Waals surface area (Å²) in [7, 11) is 0. The Hall–Kier alpha value is -2.21. The first-order chi connectivity index (χ1) is 10.2. The van der Waals surface area contributed by atoms with Crippen LogP contribution in [0.3, 0.4) is 0 Å². The standard InChI is InChI=1S/C15H14FN3OS/c16-11-3-1-2-4-14(11)20-7-8-21-15-18-12-6-5-10(17)9-13(12)19-15/h1-6,9H,7-8,17H2,(H,18,19). The molecular weight excluding hydrogens is 289 g/mol. The number of nitrogens with two attached hydrogens (primary N) is 1. The summed E-state index contributed by atoms with van der Waals surface area (Å²) in [5.41, 5.74) is 8.21. The van der Waals surface area contributed by atoms with Crippen molar-refractivity contribution in [3.8, 4) is 5.75 Å². The second kappa shape index (κ2) is 6.05. The Morgan fingerprint density at radius 2 is 2.10 bits per heavy atom. The fourth-order valence-corrected chi connectivity index (χ4v) is 2.63. The predicted molar refractivity (Wildman–Crippen MR) is 83.1 cm³/mol. The minimum Gasteiger partial charge on any atom is -0.490 e. The zero-order valence-corrected chi connectivity index (χ0v) is 12.0. The van der Waals surface area contributed by atoms with E-state index in [1.54, 1.807) is 18.2 Å². The molecule has 3 N–H and O–H groups in total. The van der Waals surface area contributed by atoms with Crippen LogP contribution < -0.4 is 10.5 Å². The van der Waals surface area contributed by atoms with Crippen molar-refractivity contribution in [1.29, 1.82) is 0 Å². The zero-order valence-electron chi connectivity index (χ0n) is 11.2. The number of thioether (sulfide) groups is 1. The SMILES string of the molecule is Nc1ccc2nc(SCCOc3ccccc3F)[nH]c2c1. The van der Waals surface area contributed by atoms with E-state index in [0.717, 1.165) is 16.2 Å². The number of H-pyrrole nitrogens is 1. The van der Waals surface area contributed by atoms with Gasteiger partial charge in [0.05, 0.1) is 17.6 Å². The first-order valence-corrected chi connectivity index (χ1v) is 7.46. The Bertz CT molecular complexity index is 760. The van der Waals surface area contributed by atoms with E-state index >= 15 is 0 Å². The van der Waals surface area contributed by atoms with Crippen molar-refractivity contribution in [2.75, 3.05) is 18.1 Å². The van der Waals surface area contributed by atoms with E-state index < -0.39 is 0 Å². The average Bonchev–Trinajstić information content (AvgIpc) is 2.87. The van der Waals surface area contributed by atoms with Gasteiger partial charge in [0.1, 0.15) is 0 Å². The van der Waals surface area contributed by atoms with E-state index in [9.17, 15) is 4.39 Å². The van der Waals surface area contributed by atoms with Gasteiger partial charge in [0.2, 0.25) is 0 Å². The molecule has 0 atom stereocenters. The molecule has 0 saturated carbocycles. The zero-order chi connectivity index (χ0) is 14.7. The van der Waals surface area contributed by atoms with Crippen molar-refractivity contribution in [3.05, 3.63) is 48.3 Å². The highest BCUT2D eigenvalue weighted by atomic mass is 32.2. The van der Waals surface area contributed by atoms with E-state index in [2.05, 4.69) is 9.97 Å². The van der Waals surface area contributed by atoms with E-state index in [4.69, 9.17) is 10.5 Å². The number of fused-ring (bicyclic) bond motifs is 1. The first kappa shape index (κ1) is 13.8. The van der Waals surface area contributed by atoms with E-state index in [-0.39, 0.29) is 11.6 Å². The Morgan fingerprint density at radius 3 is 2.95 bits per heavy atom. The lowest BCUT2D eigenvalue weighted by molar-refractivity contribution is 0.325. The second-order valence-electron chi connectivity index (χ2n) is 4.45. The van der Waals surface area contributed by atoms with Gasteiger partial charge in [-0.1, -0.05) is 23.9 Å². The van der Waals surface area contributed by atoms with Gasteiger partial charge in [-0.05, 0) is 30.3 Å². The van der Waals surface area contributed by atoms with Crippen LogP contribution >= 0.6 is 11.8 Å². The summed E-state index contributed by atoms with van der Waals surface area (Å²) in [6.45, 7) is 0.408. The van der Waals surface area contributed by atoms with Gasteiger partial charge in [0, 0.05) is 11.4 Å². The molecule has 1 heterocycles. The average molecular weight is 303 g/mol. The maximum absolute atomic E-state index is 13.4. The topological polar surface area (TPSA) is 63.9 Å². The van der Waals surface area contributed by atoms with Crippen LogP contribution in [0.15, 0.2) is 47.6 Å². The van der Waals surface area contributed by atoms with Gasteiger partial charge in [-0.2, -0.15) is 0 Å². The Balaban J connectivity index is 1.56. The molecule has 0 fully saturated rings. The van der Waals surface area contributed by atoms with Crippen molar-refractivity contribution in [2.24, 2.45) is 0 Å². The Labute approximate surface area is 125 Å². The highest BCUT2D eigenvalue weighted by Gasteiger charge is 2.05.